The highest BCUT2D eigenvalue weighted by Gasteiger charge is 2.22. The molecule has 0 unspecified atom stereocenters. The third-order valence-electron chi connectivity index (χ3n) is 3.37. The SMILES string of the molecule is CNS(=O)(=O)c1cc(C(=O)Nc2cc(Cl)cc3c2OCC3)co1. The molecule has 2 N–H and O–H groups in total. The fourth-order valence-electron chi connectivity index (χ4n) is 2.23. The molecule has 0 radical (unpaired) electrons. The van der Waals surface area contributed by atoms with E-state index in [9.17, 15) is 13.2 Å². The maximum atomic E-state index is 12.3. The van der Waals surface area contributed by atoms with Gasteiger partial charge in [0.2, 0.25) is 5.09 Å². The van der Waals surface area contributed by atoms with Crippen molar-refractivity contribution in [2.45, 2.75) is 11.5 Å². The molecule has 23 heavy (non-hydrogen) atoms. The van der Waals surface area contributed by atoms with Crippen LogP contribution >= 0.6 is 11.6 Å². The van der Waals surface area contributed by atoms with Crippen LogP contribution in [-0.2, 0) is 16.4 Å². The number of carbonyl (C=O) groups excluding carboxylic acids is 1. The Morgan fingerprint density at radius 2 is 2.09 bits per heavy atom. The van der Waals surface area contributed by atoms with Crippen LogP contribution in [0, 0.1) is 0 Å². The second-order valence-corrected chi connectivity index (χ2v) is 7.11. The van der Waals surface area contributed by atoms with Crippen LogP contribution in [0.1, 0.15) is 15.9 Å². The van der Waals surface area contributed by atoms with Crippen LogP contribution in [0.3, 0.4) is 0 Å². The summed E-state index contributed by atoms with van der Waals surface area (Å²) in [6, 6.07) is 4.51. The lowest BCUT2D eigenvalue weighted by atomic mass is 10.1. The van der Waals surface area contributed by atoms with Crippen molar-refractivity contribution in [3.8, 4) is 5.75 Å². The van der Waals surface area contributed by atoms with E-state index in [2.05, 4.69) is 10.0 Å². The number of anilines is 1. The lowest BCUT2D eigenvalue weighted by Gasteiger charge is -2.09. The van der Waals surface area contributed by atoms with Crippen molar-refractivity contribution in [1.82, 2.24) is 4.72 Å². The predicted molar refractivity (Wildman–Crippen MR) is 83.6 cm³/mol. The van der Waals surface area contributed by atoms with Crippen LogP contribution < -0.4 is 14.8 Å². The minimum Gasteiger partial charge on any atom is -0.491 e. The fraction of sp³-hybridized carbons (Fsp3) is 0.214. The van der Waals surface area contributed by atoms with E-state index in [1.165, 1.54) is 7.05 Å². The molecule has 0 saturated carbocycles. The number of halogens is 1. The molecular weight excluding hydrogens is 344 g/mol. The molecule has 1 aromatic carbocycles. The first kappa shape index (κ1) is 15.9. The summed E-state index contributed by atoms with van der Waals surface area (Å²) < 4.78 is 35.8. The van der Waals surface area contributed by atoms with Crippen molar-refractivity contribution in [1.29, 1.82) is 0 Å². The molecule has 7 nitrogen and oxygen atoms in total. The Balaban J connectivity index is 1.86. The van der Waals surface area contributed by atoms with Crippen molar-refractivity contribution < 1.29 is 22.4 Å². The third kappa shape index (κ3) is 3.05. The van der Waals surface area contributed by atoms with Crippen LogP contribution in [0.4, 0.5) is 5.69 Å². The van der Waals surface area contributed by atoms with Gasteiger partial charge in [-0.15, -0.1) is 0 Å². The molecule has 0 fully saturated rings. The van der Waals surface area contributed by atoms with Gasteiger partial charge in [0.25, 0.3) is 15.9 Å². The van der Waals surface area contributed by atoms with Crippen LogP contribution in [0.25, 0.3) is 0 Å². The van der Waals surface area contributed by atoms with Crippen molar-refractivity contribution in [2.75, 3.05) is 19.0 Å². The van der Waals surface area contributed by atoms with Gasteiger partial charge in [0.15, 0.2) is 0 Å². The molecule has 0 bridgehead atoms. The average molecular weight is 357 g/mol. The highest BCUT2D eigenvalue weighted by atomic mass is 35.5. The highest BCUT2D eigenvalue weighted by Crippen LogP contribution is 2.36. The van der Waals surface area contributed by atoms with E-state index in [0.717, 1.165) is 24.3 Å². The topological polar surface area (TPSA) is 97.6 Å². The smallest absolute Gasteiger partial charge is 0.273 e. The van der Waals surface area contributed by atoms with E-state index < -0.39 is 15.9 Å². The summed E-state index contributed by atoms with van der Waals surface area (Å²) in [5, 5.41) is 2.80. The number of benzene rings is 1. The summed E-state index contributed by atoms with van der Waals surface area (Å²) >= 11 is 6.03. The number of ether oxygens (including phenoxy) is 1. The van der Waals surface area contributed by atoms with E-state index in [0.29, 0.717) is 23.1 Å². The van der Waals surface area contributed by atoms with E-state index in [4.69, 9.17) is 20.8 Å². The first-order valence-electron chi connectivity index (χ1n) is 6.69. The zero-order valence-electron chi connectivity index (χ0n) is 12.1. The Bertz CT molecular complexity index is 875. The number of amides is 1. The number of hydrogen-bond acceptors (Lipinski definition) is 5. The minimum atomic E-state index is -3.74. The molecule has 0 saturated heterocycles. The fourth-order valence-corrected chi connectivity index (χ4v) is 3.13. The average Bonchev–Trinajstić information content (AvgIpc) is 3.16. The molecule has 1 amide bonds. The van der Waals surface area contributed by atoms with Gasteiger partial charge in [0, 0.05) is 23.1 Å². The number of hydrogen-bond donors (Lipinski definition) is 2. The molecule has 1 aromatic heterocycles. The summed E-state index contributed by atoms with van der Waals surface area (Å²) in [7, 11) is -2.49. The number of rotatable bonds is 4. The van der Waals surface area contributed by atoms with E-state index in [-0.39, 0.29) is 10.7 Å². The van der Waals surface area contributed by atoms with Crippen molar-refractivity contribution in [2.24, 2.45) is 0 Å². The van der Waals surface area contributed by atoms with Gasteiger partial charge < -0.3 is 14.5 Å². The van der Waals surface area contributed by atoms with Crippen molar-refractivity contribution in [3.63, 3.8) is 0 Å². The number of sulfonamides is 1. The van der Waals surface area contributed by atoms with Gasteiger partial charge in [-0.3, -0.25) is 4.79 Å². The minimum absolute atomic E-state index is 0.0746. The predicted octanol–water partition coefficient (Wildman–Crippen LogP) is 2.03. The Labute approximate surface area is 137 Å². The summed E-state index contributed by atoms with van der Waals surface area (Å²) in [6.07, 6.45) is 1.79. The largest absolute Gasteiger partial charge is 0.491 e. The quantitative estimate of drug-likeness (QED) is 0.873. The van der Waals surface area contributed by atoms with Gasteiger partial charge in [-0.1, -0.05) is 11.6 Å². The van der Waals surface area contributed by atoms with Gasteiger partial charge in [-0.25, -0.2) is 13.1 Å². The summed E-state index contributed by atoms with van der Waals surface area (Å²) in [6.45, 7) is 0.523. The van der Waals surface area contributed by atoms with Gasteiger partial charge in [-0.2, -0.15) is 0 Å². The van der Waals surface area contributed by atoms with Gasteiger partial charge in [0.05, 0.1) is 17.9 Å². The summed E-state index contributed by atoms with van der Waals surface area (Å²) in [5.74, 6) is 0.0561. The Kier molecular flexibility index (Phi) is 4.05. The molecule has 0 aliphatic carbocycles. The van der Waals surface area contributed by atoms with Gasteiger partial charge >= 0.3 is 0 Å². The van der Waals surface area contributed by atoms with Gasteiger partial charge in [-0.05, 0) is 19.2 Å². The molecule has 1 aliphatic rings. The van der Waals surface area contributed by atoms with E-state index in [1.807, 2.05) is 0 Å². The maximum absolute atomic E-state index is 12.3. The molecule has 2 heterocycles. The number of furan rings is 1. The second kappa shape index (κ2) is 5.88. The monoisotopic (exact) mass is 356 g/mol. The molecule has 122 valence electrons. The Morgan fingerprint density at radius 3 is 2.83 bits per heavy atom. The number of nitrogens with one attached hydrogen (secondary N) is 2. The molecule has 9 heteroatoms. The second-order valence-electron chi connectivity index (χ2n) is 4.86. The van der Waals surface area contributed by atoms with Crippen LogP contribution in [0.5, 0.6) is 5.75 Å². The molecular formula is C14H13ClN2O5S. The normalized spacial score (nSPS) is 13.5. The lowest BCUT2D eigenvalue weighted by Crippen LogP contribution is -2.18. The molecule has 1 aliphatic heterocycles. The summed E-state index contributed by atoms with van der Waals surface area (Å²) in [5.41, 5.74) is 1.43. The third-order valence-corrected chi connectivity index (χ3v) is 4.87. The zero-order valence-corrected chi connectivity index (χ0v) is 13.6. The first-order valence-corrected chi connectivity index (χ1v) is 8.55. The van der Waals surface area contributed by atoms with Gasteiger partial charge in [0.1, 0.15) is 12.0 Å². The van der Waals surface area contributed by atoms with Crippen molar-refractivity contribution >= 4 is 33.2 Å². The van der Waals surface area contributed by atoms with Crippen LogP contribution in [-0.4, -0.2) is 28.0 Å². The maximum Gasteiger partial charge on any atom is 0.273 e. The zero-order chi connectivity index (χ0) is 16.6. The van der Waals surface area contributed by atoms with E-state index in [1.54, 1.807) is 12.1 Å². The highest BCUT2D eigenvalue weighted by molar-refractivity contribution is 7.89. The van der Waals surface area contributed by atoms with Crippen LogP contribution in [0.2, 0.25) is 5.02 Å². The standard InChI is InChI=1S/C14H13ClN2O5S/c1-16-23(19,20)12-5-9(7-22-12)14(18)17-11-6-10(15)4-8-2-3-21-13(8)11/h4-7,16H,2-3H2,1H3,(H,17,18). The molecule has 3 rings (SSSR count). The Morgan fingerprint density at radius 1 is 1.30 bits per heavy atom. The van der Waals surface area contributed by atoms with Crippen molar-refractivity contribution in [3.05, 3.63) is 40.6 Å². The number of fused-ring (bicyclic) bond motifs is 1. The molecule has 0 spiro atoms. The van der Waals surface area contributed by atoms with E-state index >= 15 is 0 Å². The lowest BCUT2D eigenvalue weighted by molar-refractivity contribution is 0.102. The van der Waals surface area contributed by atoms with Crippen LogP contribution in [0.15, 0.2) is 34.0 Å². The molecule has 2 aromatic rings. The Hall–Kier alpha value is -2.03. The molecule has 0 atom stereocenters. The first-order chi connectivity index (χ1) is 10.9. The summed E-state index contributed by atoms with van der Waals surface area (Å²) in [4.78, 5) is 12.3. The number of carbonyl (C=O) groups is 1.